The lowest BCUT2D eigenvalue weighted by molar-refractivity contribution is -0.156. The number of hydrogen-bond acceptors (Lipinski definition) is 3. The Morgan fingerprint density at radius 3 is 2.65 bits per heavy atom. The highest BCUT2D eigenvalue weighted by molar-refractivity contribution is 5.80. The van der Waals surface area contributed by atoms with Crippen LogP contribution < -0.4 is 0 Å². The number of aryl methyl sites for hydroxylation is 2. The summed E-state index contributed by atoms with van der Waals surface area (Å²) in [4.78, 5) is 38.7. The molecule has 0 saturated carbocycles. The summed E-state index contributed by atoms with van der Waals surface area (Å²) in [7, 11) is 0. The Balaban J connectivity index is 0.000000858. The molecule has 1 aromatic rings. The van der Waals surface area contributed by atoms with Crippen molar-refractivity contribution in [1.82, 2.24) is 9.80 Å². The van der Waals surface area contributed by atoms with E-state index >= 15 is 0 Å². The molecule has 2 amide bonds. The van der Waals surface area contributed by atoms with Crippen LogP contribution in [0.5, 0.6) is 0 Å². The van der Waals surface area contributed by atoms with Gasteiger partial charge in [-0.2, -0.15) is 0 Å². The number of likely N-dealkylation sites (tertiary alicyclic amines) is 1. The number of amides is 2. The molecule has 3 aliphatic rings. The van der Waals surface area contributed by atoms with Gasteiger partial charge in [-0.25, -0.2) is 0 Å². The standard InChI is InChI=1S/C24H34N2O2.CH2O2/c1-4-6-21-19-12-20(22-7-5-8-23(27)26(21)22)15-25(14-19)24(28)13-18-11-16(2)9-10-17(18)3;2-1-3/h9-11,19-22H,4-8,12-15H2,1-3H3;1H,(H,2,3)/t19-,20+,21-,22-;/m0./s1. The average molecular weight is 429 g/mol. The van der Waals surface area contributed by atoms with Crippen molar-refractivity contribution in [2.45, 2.75) is 77.8 Å². The van der Waals surface area contributed by atoms with Crippen LogP contribution in [0.3, 0.4) is 0 Å². The van der Waals surface area contributed by atoms with Crippen molar-refractivity contribution in [3.05, 3.63) is 34.9 Å². The second-order valence-electron chi connectivity index (χ2n) is 9.38. The first-order valence-corrected chi connectivity index (χ1v) is 11.6. The van der Waals surface area contributed by atoms with Crippen molar-refractivity contribution in [2.75, 3.05) is 13.1 Å². The highest BCUT2D eigenvalue weighted by Crippen LogP contribution is 2.43. The number of carboxylic acid groups (broad SMARTS) is 1. The maximum Gasteiger partial charge on any atom is 0.290 e. The van der Waals surface area contributed by atoms with Crippen molar-refractivity contribution in [2.24, 2.45) is 11.8 Å². The van der Waals surface area contributed by atoms with E-state index in [1.54, 1.807) is 0 Å². The number of piperidine rings is 3. The van der Waals surface area contributed by atoms with E-state index in [-0.39, 0.29) is 12.4 Å². The lowest BCUT2D eigenvalue weighted by Gasteiger charge is -2.56. The molecule has 0 aliphatic carbocycles. The molecular weight excluding hydrogens is 392 g/mol. The Kier molecular flexibility index (Phi) is 7.74. The van der Waals surface area contributed by atoms with Crippen molar-refractivity contribution in [3.63, 3.8) is 0 Å². The summed E-state index contributed by atoms with van der Waals surface area (Å²) in [5.74, 6) is 1.52. The van der Waals surface area contributed by atoms with Crippen LogP contribution in [0.1, 0.15) is 62.1 Å². The minimum Gasteiger partial charge on any atom is -0.483 e. The molecule has 3 saturated heterocycles. The van der Waals surface area contributed by atoms with Crippen molar-refractivity contribution in [3.8, 4) is 0 Å². The third-order valence-corrected chi connectivity index (χ3v) is 7.28. The average Bonchev–Trinajstić information content (AvgIpc) is 2.74. The van der Waals surface area contributed by atoms with Gasteiger partial charge < -0.3 is 14.9 Å². The molecule has 31 heavy (non-hydrogen) atoms. The summed E-state index contributed by atoms with van der Waals surface area (Å²) < 4.78 is 0. The van der Waals surface area contributed by atoms with Crippen molar-refractivity contribution < 1.29 is 19.5 Å². The van der Waals surface area contributed by atoms with E-state index in [1.807, 2.05) is 0 Å². The lowest BCUT2D eigenvalue weighted by Crippen LogP contribution is -2.65. The van der Waals surface area contributed by atoms with E-state index in [9.17, 15) is 9.59 Å². The summed E-state index contributed by atoms with van der Waals surface area (Å²) in [6.45, 7) is 7.79. The van der Waals surface area contributed by atoms with Crippen LogP contribution >= 0.6 is 0 Å². The first kappa shape index (κ1) is 23.3. The molecule has 0 aromatic heterocycles. The fourth-order valence-corrected chi connectivity index (χ4v) is 5.91. The summed E-state index contributed by atoms with van der Waals surface area (Å²) in [5, 5.41) is 6.89. The fraction of sp³-hybridized carbons (Fsp3) is 0.640. The highest BCUT2D eigenvalue weighted by Gasteiger charge is 2.49. The molecule has 6 heteroatoms. The third-order valence-electron chi connectivity index (χ3n) is 7.28. The van der Waals surface area contributed by atoms with Gasteiger partial charge in [-0.3, -0.25) is 14.4 Å². The van der Waals surface area contributed by atoms with E-state index in [0.717, 1.165) is 44.3 Å². The minimum absolute atomic E-state index is 0.250. The van der Waals surface area contributed by atoms with E-state index in [0.29, 0.717) is 42.7 Å². The van der Waals surface area contributed by atoms with Crippen LogP contribution in [0.25, 0.3) is 0 Å². The van der Waals surface area contributed by atoms with Gasteiger partial charge in [0.2, 0.25) is 11.8 Å². The molecule has 4 rings (SSSR count). The lowest BCUT2D eigenvalue weighted by atomic mass is 9.71. The first-order valence-electron chi connectivity index (χ1n) is 11.6. The van der Waals surface area contributed by atoms with E-state index < -0.39 is 0 Å². The quantitative estimate of drug-likeness (QED) is 0.744. The SMILES string of the molecule is CCC[C@H]1[C@H]2C[C@H](CN(C(=O)Cc3cc(C)ccc3C)C2)[C@@H]2CCCC(=O)N21.O=CO. The molecule has 4 atom stereocenters. The number of hydrogen-bond donors (Lipinski definition) is 1. The van der Waals surface area contributed by atoms with Crippen molar-refractivity contribution >= 4 is 18.3 Å². The third kappa shape index (κ3) is 5.10. The Labute approximate surface area is 185 Å². The smallest absolute Gasteiger partial charge is 0.290 e. The number of fused-ring (bicyclic) bond motifs is 4. The normalized spacial score (nSPS) is 27.1. The molecule has 0 radical (unpaired) electrons. The maximum absolute atomic E-state index is 13.2. The van der Waals surface area contributed by atoms with Gasteiger partial charge >= 0.3 is 0 Å². The summed E-state index contributed by atoms with van der Waals surface area (Å²) in [6.07, 6.45) is 6.69. The van der Waals surface area contributed by atoms with E-state index in [2.05, 4.69) is 48.8 Å². The van der Waals surface area contributed by atoms with Gasteiger partial charge in [0.15, 0.2) is 0 Å². The summed E-state index contributed by atoms with van der Waals surface area (Å²) >= 11 is 0. The second-order valence-corrected chi connectivity index (χ2v) is 9.38. The molecule has 1 aromatic carbocycles. The molecule has 2 bridgehead atoms. The second kappa shape index (κ2) is 10.3. The number of carbonyl (C=O) groups excluding carboxylic acids is 2. The Morgan fingerprint density at radius 2 is 1.94 bits per heavy atom. The van der Waals surface area contributed by atoms with E-state index in [1.165, 1.54) is 17.5 Å². The van der Waals surface area contributed by atoms with Gasteiger partial charge in [-0.1, -0.05) is 37.1 Å². The topological polar surface area (TPSA) is 77.9 Å². The monoisotopic (exact) mass is 428 g/mol. The van der Waals surface area contributed by atoms with Gasteiger partial charge in [0.25, 0.3) is 6.47 Å². The largest absolute Gasteiger partial charge is 0.483 e. The summed E-state index contributed by atoms with van der Waals surface area (Å²) in [5.41, 5.74) is 3.56. The number of nitrogens with zero attached hydrogens (tertiary/aromatic N) is 2. The van der Waals surface area contributed by atoms with Crippen molar-refractivity contribution in [1.29, 1.82) is 0 Å². The molecular formula is C25H36N2O4. The predicted molar refractivity (Wildman–Crippen MR) is 120 cm³/mol. The van der Waals surface area contributed by atoms with Gasteiger partial charge in [-0.05, 0) is 62.5 Å². The minimum atomic E-state index is -0.250. The molecule has 1 N–H and O–H groups in total. The molecule has 3 fully saturated rings. The number of rotatable bonds is 4. The number of benzene rings is 1. The fourth-order valence-electron chi connectivity index (χ4n) is 5.91. The van der Waals surface area contributed by atoms with Gasteiger partial charge in [0.1, 0.15) is 0 Å². The van der Waals surface area contributed by atoms with Gasteiger partial charge in [0, 0.05) is 31.6 Å². The van der Waals surface area contributed by atoms with Crippen LogP contribution in [0.2, 0.25) is 0 Å². The van der Waals surface area contributed by atoms with Crippen LogP contribution in [-0.2, 0) is 20.8 Å². The molecule has 0 unspecified atom stereocenters. The molecule has 0 spiro atoms. The van der Waals surface area contributed by atoms with Gasteiger partial charge in [0.05, 0.1) is 6.42 Å². The van der Waals surface area contributed by atoms with Crippen LogP contribution in [0.15, 0.2) is 18.2 Å². The molecule has 3 aliphatic heterocycles. The van der Waals surface area contributed by atoms with Crippen LogP contribution in [0, 0.1) is 25.7 Å². The Bertz CT molecular complexity index is 809. The molecule has 170 valence electrons. The molecule has 6 nitrogen and oxygen atoms in total. The van der Waals surface area contributed by atoms with E-state index in [4.69, 9.17) is 9.90 Å². The highest BCUT2D eigenvalue weighted by atomic mass is 16.3. The predicted octanol–water partition coefficient (Wildman–Crippen LogP) is 3.57. The zero-order valence-electron chi connectivity index (χ0n) is 19.0. The first-order chi connectivity index (χ1) is 14.9. The zero-order chi connectivity index (χ0) is 22.5. The van der Waals surface area contributed by atoms with Crippen LogP contribution in [0.4, 0.5) is 0 Å². The van der Waals surface area contributed by atoms with Crippen LogP contribution in [-0.4, -0.2) is 58.4 Å². The van der Waals surface area contributed by atoms with Gasteiger partial charge in [-0.15, -0.1) is 0 Å². The Hall–Kier alpha value is -2.37. The Morgan fingerprint density at radius 1 is 1.23 bits per heavy atom. The number of carbonyl (C=O) groups is 3. The zero-order valence-corrected chi connectivity index (χ0v) is 19.0. The molecule has 3 heterocycles. The maximum atomic E-state index is 13.2. The summed E-state index contributed by atoms with van der Waals surface area (Å²) in [6, 6.07) is 7.06.